The molecule has 0 unspecified atom stereocenters. The maximum atomic E-state index is 12.0. The zero-order valence-corrected chi connectivity index (χ0v) is 11.3. The van der Waals surface area contributed by atoms with Crippen molar-refractivity contribution in [3.05, 3.63) is 34.9 Å². The fraction of sp³-hybridized carbons (Fsp3) is 0.533. The maximum absolute atomic E-state index is 12.0. The van der Waals surface area contributed by atoms with Gasteiger partial charge in [-0.25, -0.2) is 0 Å². The Morgan fingerprint density at radius 2 is 2.00 bits per heavy atom. The van der Waals surface area contributed by atoms with E-state index in [0.717, 1.165) is 24.1 Å². The van der Waals surface area contributed by atoms with E-state index in [1.54, 1.807) is 0 Å². The van der Waals surface area contributed by atoms with Gasteiger partial charge < -0.3 is 5.32 Å². The molecule has 94 valence electrons. The molecule has 0 saturated heterocycles. The van der Waals surface area contributed by atoms with E-state index in [1.165, 1.54) is 5.56 Å². The lowest BCUT2D eigenvalue weighted by atomic mass is 9.99. The molecule has 0 aliphatic rings. The predicted octanol–water partition coefficient (Wildman–Crippen LogP) is 3.26. The summed E-state index contributed by atoms with van der Waals surface area (Å²) in [5.41, 5.74) is 3.17. The highest BCUT2D eigenvalue weighted by Crippen LogP contribution is 2.13. The second-order valence-electron chi connectivity index (χ2n) is 4.95. The minimum atomic E-state index is 0.257. The quantitative estimate of drug-likeness (QED) is 0.603. The Morgan fingerprint density at radius 3 is 2.59 bits per heavy atom. The fourth-order valence-corrected chi connectivity index (χ4v) is 1.90. The van der Waals surface area contributed by atoms with Gasteiger partial charge >= 0.3 is 0 Å². The summed E-state index contributed by atoms with van der Waals surface area (Å²) < 4.78 is 0. The molecule has 1 aromatic carbocycles. The number of hydrogen-bond donors (Lipinski definition) is 1. The van der Waals surface area contributed by atoms with Crippen LogP contribution in [0.4, 0.5) is 0 Å². The van der Waals surface area contributed by atoms with Crippen LogP contribution in [-0.4, -0.2) is 18.4 Å². The second kappa shape index (κ2) is 6.55. The van der Waals surface area contributed by atoms with Crippen molar-refractivity contribution in [2.75, 3.05) is 6.54 Å². The lowest BCUT2D eigenvalue weighted by molar-refractivity contribution is 0.0979. The summed E-state index contributed by atoms with van der Waals surface area (Å²) in [5, 5.41) is 3.32. The van der Waals surface area contributed by atoms with Crippen LogP contribution in [0.15, 0.2) is 18.2 Å². The molecule has 17 heavy (non-hydrogen) atoms. The highest BCUT2D eigenvalue weighted by Gasteiger charge is 2.08. The summed E-state index contributed by atoms with van der Waals surface area (Å²) in [7, 11) is 0. The van der Waals surface area contributed by atoms with Crippen molar-refractivity contribution in [3.8, 4) is 0 Å². The fourth-order valence-electron chi connectivity index (χ4n) is 1.90. The molecule has 0 spiro atoms. The predicted molar refractivity (Wildman–Crippen MR) is 72.6 cm³/mol. The number of Topliss-reactive ketones (excluding diaryl/α,β-unsaturated/α-hetero) is 1. The lowest BCUT2D eigenvalue weighted by Gasteiger charge is -2.08. The molecule has 0 atom stereocenters. The Labute approximate surface area is 104 Å². The molecule has 1 N–H and O–H groups in total. The third-order valence-electron chi connectivity index (χ3n) is 2.82. The van der Waals surface area contributed by atoms with Gasteiger partial charge in [0, 0.05) is 18.0 Å². The van der Waals surface area contributed by atoms with E-state index in [4.69, 9.17) is 0 Å². The van der Waals surface area contributed by atoms with E-state index in [9.17, 15) is 4.79 Å². The molecule has 0 aliphatic heterocycles. The molecule has 0 heterocycles. The van der Waals surface area contributed by atoms with Crippen molar-refractivity contribution >= 4 is 5.78 Å². The summed E-state index contributed by atoms with van der Waals surface area (Å²) in [6.45, 7) is 9.20. The van der Waals surface area contributed by atoms with Gasteiger partial charge in [-0.1, -0.05) is 37.6 Å². The molecule has 0 aliphatic carbocycles. The van der Waals surface area contributed by atoms with Crippen LogP contribution in [0.1, 0.15) is 48.2 Å². The average molecular weight is 233 g/mol. The van der Waals surface area contributed by atoms with Gasteiger partial charge in [0.25, 0.3) is 0 Å². The lowest BCUT2D eigenvalue weighted by Crippen LogP contribution is -2.24. The highest BCUT2D eigenvalue weighted by molar-refractivity contribution is 5.97. The van der Waals surface area contributed by atoms with Crippen LogP contribution in [0.5, 0.6) is 0 Å². The summed E-state index contributed by atoms with van der Waals surface area (Å²) in [6, 6.07) is 6.51. The Balaban J connectivity index is 2.47. The molecule has 1 rings (SSSR count). The van der Waals surface area contributed by atoms with Gasteiger partial charge in [0.2, 0.25) is 0 Å². The molecule has 2 heteroatoms. The van der Waals surface area contributed by atoms with Crippen molar-refractivity contribution < 1.29 is 4.79 Å². The number of rotatable bonds is 6. The van der Waals surface area contributed by atoms with E-state index in [1.807, 2.05) is 26.0 Å². The van der Waals surface area contributed by atoms with Crippen molar-refractivity contribution in [2.45, 2.75) is 46.6 Å². The molecule has 0 radical (unpaired) electrons. The number of benzene rings is 1. The smallest absolute Gasteiger partial charge is 0.163 e. The van der Waals surface area contributed by atoms with Crippen LogP contribution in [0.25, 0.3) is 0 Å². The SMILES string of the molecule is Cc1ccc(C(=O)CCCNC(C)C)c(C)c1. The monoisotopic (exact) mass is 233 g/mol. The van der Waals surface area contributed by atoms with Gasteiger partial charge in [-0.2, -0.15) is 0 Å². The Kier molecular flexibility index (Phi) is 5.36. The molecular weight excluding hydrogens is 210 g/mol. The van der Waals surface area contributed by atoms with Crippen LogP contribution in [-0.2, 0) is 0 Å². The topological polar surface area (TPSA) is 29.1 Å². The molecule has 0 aromatic heterocycles. The van der Waals surface area contributed by atoms with Gasteiger partial charge in [0.05, 0.1) is 0 Å². The number of carbonyl (C=O) groups excluding carboxylic acids is 1. The summed E-state index contributed by atoms with van der Waals surface area (Å²) >= 11 is 0. The van der Waals surface area contributed by atoms with E-state index in [2.05, 4.69) is 25.2 Å². The first-order chi connectivity index (χ1) is 8.00. The van der Waals surface area contributed by atoms with Crippen LogP contribution < -0.4 is 5.32 Å². The largest absolute Gasteiger partial charge is 0.315 e. The second-order valence-corrected chi connectivity index (χ2v) is 4.95. The number of ketones is 1. The van der Waals surface area contributed by atoms with Crippen molar-refractivity contribution in [3.63, 3.8) is 0 Å². The Bertz CT molecular complexity index is 383. The van der Waals surface area contributed by atoms with Gasteiger partial charge in [-0.15, -0.1) is 0 Å². The first-order valence-electron chi connectivity index (χ1n) is 6.34. The van der Waals surface area contributed by atoms with Gasteiger partial charge in [-0.05, 0) is 32.4 Å². The zero-order chi connectivity index (χ0) is 12.8. The minimum Gasteiger partial charge on any atom is -0.315 e. The van der Waals surface area contributed by atoms with E-state index in [-0.39, 0.29) is 5.78 Å². The molecule has 0 bridgehead atoms. The normalized spacial score (nSPS) is 10.9. The molecular formula is C15H23NO. The molecule has 0 saturated carbocycles. The average Bonchev–Trinajstić information content (AvgIpc) is 2.23. The van der Waals surface area contributed by atoms with Crippen molar-refractivity contribution in [2.24, 2.45) is 0 Å². The third-order valence-corrected chi connectivity index (χ3v) is 2.82. The highest BCUT2D eigenvalue weighted by atomic mass is 16.1. The summed E-state index contributed by atoms with van der Waals surface area (Å²) in [4.78, 5) is 12.0. The number of hydrogen-bond acceptors (Lipinski definition) is 2. The molecule has 0 fully saturated rings. The first kappa shape index (κ1) is 13.9. The van der Waals surface area contributed by atoms with Crippen LogP contribution in [0, 0.1) is 13.8 Å². The molecule has 0 amide bonds. The molecule has 1 aromatic rings. The summed E-state index contributed by atoms with van der Waals surface area (Å²) in [5.74, 6) is 0.257. The molecule has 2 nitrogen and oxygen atoms in total. The Morgan fingerprint density at radius 1 is 1.29 bits per heavy atom. The zero-order valence-electron chi connectivity index (χ0n) is 11.3. The van der Waals surface area contributed by atoms with E-state index < -0.39 is 0 Å². The standard InChI is InChI=1S/C15H23NO/c1-11(2)16-9-5-6-15(17)14-8-7-12(3)10-13(14)4/h7-8,10-11,16H,5-6,9H2,1-4H3. The van der Waals surface area contributed by atoms with Gasteiger partial charge in [0.1, 0.15) is 0 Å². The third kappa shape index (κ3) is 4.70. The maximum Gasteiger partial charge on any atom is 0.163 e. The van der Waals surface area contributed by atoms with E-state index in [0.29, 0.717) is 12.5 Å². The minimum absolute atomic E-state index is 0.257. The Hall–Kier alpha value is -1.15. The van der Waals surface area contributed by atoms with Crippen molar-refractivity contribution in [1.29, 1.82) is 0 Å². The number of nitrogens with one attached hydrogen (secondary N) is 1. The number of carbonyl (C=O) groups is 1. The van der Waals surface area contributed by atoms with Crippen molar-refractivity contribution in [1.82, 2.24) is 5.32 Å². The van der Waals surface area contributed by atoms with Crippen LogP contribution >= 0.6 is 0 Å². The number of aryl methyl sites for hydroxylation is 2. The van der Waals surface area contributed by atoms with Gasteiger partial charge in [0.15, 0.2) is 5.78 Å². The van der Waals surface area contributed by atoms with Gasteiger partial charge in [-0.3, -0.25) is 4.79 Å². The van der Waals surface area contributed by atoms with Crippen LogP contribution in [0.3, 0.4) is 0 Å². The van der Waals surface area contributed by atoms with Crippen LogP contribution in [0.2, 0.25) is 0 Å². The first-order valence-corrected chi connectivity index (χ1v) is 6.34. The summed E-state index contributed by atoms with van der Waals surface area (Å²) in [6.07, 6.45) is 1.54. The van der Waals surface area contributed by atoms with E-state index >= 15 is 0 Å².